The Hall–Kier alpha value is -0.933. The Morgan fingerprint density at radius 2 is 1.78 bits per heavy atom. The van der Waals surface area contributed by atoms with Gasteiger partial charge in [-0.15, -0.1) is 0 Å². The van der Waals surface area contributed by atoms with E-state index in [0.29, 0.717) is 0 Å². The highest BCUT2D eigenvalue weighted by molar-refractivity contribution is 6.69. The molecule has 1 nitrogen and oxygen atoms in total. The van der Waals surface area contributed by atoms with Crippen LogP contribution in [0, 0.1) is 5.82 Å². The molecule has 98 valence electrons. The maximum Gasteiger partial charge on any atom is 0.185 e. The third-order valence-electron chi connectivity index (χ3n) is 3.06. The van der Waals surface area contributed by atoms with Gasteiger partial charge in [0.25, 0.3) is 0 Å². The van der Waals surface area contributed by atoms with Crippen LogP contribution in [0.4, 0.5) is 4.39 Å². The zero-order valence-corrected chi connectivity index (χ0v) is 12.4. The fourth-order valence-electron chi connectivity index (χ4n) is 1.99. The molecule has 1 aromatic rings. The standard InChI is InChI=1S/C15H21FOSi/c1-18(2,3)17-15(11-12-5-4-6-12)13-7-9-14(16)10-8-13/h7-11,15H,4-6H2,1-3H3. The van der Waals surface area contributed by atoms with E-state index < -0.39 is 8.32 Å². The van der Waals surface area contributed by atoms with E-state index in [1.807, 2.05) is 12.1 Å². The zero-order chi connectivity index (χ0) is 13.2. The lowest BCUT2D eigenvalue weighted by atomic mass is 9.90. The predicted molar refractivity (Wildman–Crippen MR) is 75.5 cm³/mol. The average molecular weight is 264 g/mol. The molecule has 1 aliphatic rings. The molecule has 0 radical (unpaired) electrons. The summed E-state index contributed by atoms with van der Waals surface area (Å²) >= 11 is 0. The summed E-state index contributed by atoms with van der Waals surface area (Å²) in [7, 11) is -1.61. The van der Waals surface area contributed by atoms with Gasteiger partial charge >= 0.3 is 0 Å². The van der Waals surface area contributed by atoms with Crippen LogP contribution in [0.3, 0.4) is 0 Å². The van der Waals surface area contributed by atoms with Crippen molar-refractivity contribution in [2.45, 2.75) is 45.0 Å². The SMILES string of the molecule is C[Si](C)(C)OC(C=C1CCC1)c1ccc(F)cc1. The van der Waals surface area contributed by atoms with Crippen LogP contribution < -0.4 is 0 Å². The number of halogens is 1. The molecule has 1 saturated carbocycles. The van der Waals surface area contributed by atoms with Gasteiger partial charge in [-0.25, -0.2) is 4.39 Å². The quantitative estimate of drug-likeness (QED) is 0.559. The second kappa shape index (κ2) is 5.37. The number of hydrogen-bond donors (Lipinski definition) is 0. The van der Waals surface area contributed by atoms with E-state index in [1.54, 1.807) is 0 Å². The molecule has 0 saturated heterocycles. The number of hydrogen-bond acceptors (Lipinski definition) is 1. The van der Waals surface area contributed by atoms with Crippen LogP contribution in [0.2, 0.25) is 19.6 Å². The fourth-order valence-corrected chi connectivity index (χ4v) is 2.96. The van der Waals surface area contributed by atoms with Crippen molar-refractivity contribution in [3.8, 4) is 0 Å². The van der Waals surface area contributed by atoms with Crippen LogP contribution in [0.1, 0.15) is 30.9 Å². The molecule has 1 fully saturated rings. The summed E-state index contributed by atoms with van der Waals surface area (Å²) in [6, 6.07) is 6.68. The molecule has 18 heavy (non-hydrogen) atoms. The Bertz CT molecular complexity index is 425. The molecule has 1 unspecified atom stereocenters. The monoisotopic (exact) mass is 264 g/mol. The molecular weight excluding hydrogens is 243 g/mol. The molecule has 0 aromatic heterocycles. The van der Waals surface area contributed by atoms with E-state index in [2.05, 4.69) is 25.7 Å². The van der Waals surface area contributed by atoms with Gasteiger partial charge in [-0.2, -0.15) is 0 Å². The Balaban J connectivity index is 2.20. The van der Waals surface area contributed by atoms with E-state index in [9.17, 15) is 4.39 Å². The van der Waals surface area contributed by atoms with Crippen molar-refractivity contribution < 1.29 is 8.82 Å². The van der Waals surface area contributed by atoms with Crippen molar-refractivity contribution in [3.63, 3.8) is 0 Å². The summed E-state index contributed by atoms with van der Waals surface area (Å²) in [4.78, 5) is 0. The Morgan fingerprint density at radius 3 is 2.22 bits per heavy atom. The van der Waals surface area contributed by atoms with Crippen LogP contribution in [0.5, 0.6) is 0 Å². The topological polar surface area (TPSA) is 9.23 Å². The lowest BCUT2D eigenvalue weighted by molar-refractivity contribution is 0.245. The second-order valence-electron chi connectivity index (χ2n) is 5.88. The smallest absolute Gasteiger partial charge is 0.185 e. The van der Waals surface area contributed by atoms with E-state index in [0.717, 1.165) is 5.56 Å². The lowest BCUT2D eigenvalue weighted by Crippen LogP contribution is -2.27. The first-order chi connectivity index (χ1) is 8.44. The third-order valence-corrected chi connectivity index (χ3v) is 4.02. The van der Waals surface area contributed by atoms with E-state index >= 15 is 0 Å². The highest BCUT2D eigenvalue weighted by atomic mass is 28.4. The molecular formula is C15H21FOSi. The lowest BCUT2D eigenvalue weighted by Gasteiger charge is -2.27. The minimum absolute atomic E-state index is 0.00688. The summed E-state index contributed by atoms with van der Waals surface area (Å²) < 4.78 is 19.2. The highest BCUT2D eigenvalue weighted by Crippen LogP contribution is 2.32. The molecule has 0 N–H and O–H groups in total. The van der Waals surface area contributed by atoms with Crippen LogP contribution >= 0.6 is 0 Å². The summed E-state index contributed by atoms with van der Waals surface area (Å²) in [5.74, 6) is -0.193. The molecule has 1 aliphatic carbocycles. The normalized spacial score (nSPS) is 17.2. The molecule has 2 rings (SSSR count). The van der Waals surface area contributed by atoms with Crippen molar-refractivity contribution in [2.75, 3.05) is 0 Å². The van der Waals surface area contributed by atoms with E-state index in [1.165, 1.54) is 37.0 Å². The van der Waals surface area contributed by atoms with Gasteiger partial charge in [-0.05, 0) is 56.6 Å². The Labute approximate surface area is 110 Å². The van der Waals surface area contributed by atoms with Crippen LogP contribution in [-0.2, 0) is 4.43 Å². The van der Waals surface area contributed by atoms with Gasteiger partial charge in [-0.3, -0.25) is 0 Å². The van der Waals surface area contributed by atoms with Gasteiger partial charge < -0.3 is 4.43 Å². The molecule has 0 heterocycles. The van der Waals surface area contributed by atoms with Crippen LogP contribution in [-0.4, -0.2) is 8.32 Å². The van der Waals surface area contributed by atoms with E-state index in [4.69, 9.17) is 4.43 Å². The summed E-state index contributed by atoms with van der Waals surface area (Å²) in [6.07, 6.45) is 5.89. The maximum absolute atomic E-state index is 13.0. The molecule has 0 spiro atoms. The highest BCUT2D eigenvalue weighted by Gasteiger charge is 2.22. The number of rotatable bonds is 4. The zero-order valence-electron chi connectivity index (χ0n) is 11.4. The molecule has 1 atom stereocenters. The van der Waals surface area contributed by atoms with Gasteiger partial charge in [0, 0.05) is 0 Å². The first-order valence-electron chi connectivity index (χ1n) is 6.57. The summed E-state index contributed by atoms with van der Waals surface area (Å²) in [5.41, 5.74) is 2.53. The van der Waals surface area contributed by atoms with Crippen molar-refractivity contribution in [2.24, 2.45) is 0 Å². The molecule has 0 amide bonds. The Morgan fingerprint density at radius 1 is 1.17 bits per heavy atom. The van der Waals surface area contributed by atoms with Gasteiger partial charge in [0.1, 0.15) is 5.82 Å². The largest absolute Gasteiger partial charge is 0.407 e. The first-order valence-corrected chi connectivity index (χ1v) is 9.98. The first kappa shape index (κ1) is 13.5. The van der Waals surface area contributed by atoms with Crippen LogP contribution in [0.15, 0.2) is 35.9 Å². The number of allylic oxidation sites excluding steroid dienone is 1. The minimum Gasteiger partial charge on any atom is -0.407 e. The van der Waals surface area contributed by atoms with E-state index in [-0.39, 0.29) is 11.9 Å². The van der Waals surface area contributed by atoms with Gasteiger partial charge in [0.05, 0.1) is 6.10 Å². The number of benzene rings is 1. The van der Waals surface area contributed by atoms with Crippen molar-refractivity contribution in [1.82, 2.24) is 0 Å². The summed E-state index contributed by atoms with van der Waals surface area (Å²) in [6.45, 7) is 6.55. The minimum atomic E-state index is -1.61. The maximum atomic E-state index is 13.0. The second-order valence-corrected chi connectivity index (χ2v) is 10.3. The third kappa shape index (κ3) is 3.78. The molecule has 1 aromatic carbocycles. The van der Waals surface area contributed by atoms with Crippen LogP contribution in [0.25, 0.3) is 0 Å². The van der Waals surface area contributed by atoms with Crippen molar-refractivity contribution >= 4 is 8.32 Å². The van der Waals surface area contributed by atoms with Crippen molar-refractivity contribution in [3.05, 3.63) is 47.3 Å². The Kier molecular flexibility index (Phi) is 4.03. The fraction of sp³-hybridized carbons (Fsp3) is 0.467. The molecule has 0 aliphatic heterocycles. The molecule has 3 heteroatoms. The van der Waals surface area contributed by atoms with Crippen molar-refractivity contribution in [1.29, 1.82) is 0 Å². The van der Waals surface area contributed by atoms with Gasteiger partial charge in [-0.1, -0.05) is 23.8 Å². The average Bonchev–Trinajstić information content (AvgIpc) is 2.21. The molecule has 0 bridgehead atoms. The predicted octanol–water partition coefficient (Wildman–Crippen LogP) is 4.83. The van der Waals surface area contributed by atoms with Gasteiger partial charge in [0.15, 0.2) is 8.32 Å². The van der Waals surface area contributed by atoms with Gasteiger partial charge in [0.2, 0.25) is 0 Å². The summed E-state index contributed by atoms with van der Waals surface area (Å²) in [5, 5.41) is 0.